The van der Waals surface area contributed by atoms with E-state index < -0.39 is 47.3 Å². The highest BCUT2D eigenvalue weighted by atomic mass is 19.4. The molecule has 10 nitrogen and oxygen atoms in total. The summed E-state index contributed by atoms with van der Waals surface area (Å²) in [6, 6.07) is 4.69. The van der Waals surface area contributed by atoms with Gasteiger partial charge in [0.2, 0.25) is 17.6 Å². The highest BCUT2D eigenvalue weighted by Crippen LogP contribution is 2.29. The minimum atomic E-state index is -4.75. The van der Waals surface area contributed by atoms with Gasteiger partial charge in [0.1, 0.15) is 17.6 Å². The molecule has 1 aliphatic rings. The highest BCUT2D eigenvalue weighted by molar-refractivity contribution is 5.93. The van der Waals surface area contributed by atoms with Crippen LogP contribution in [-0.2, 0) is 18.0 Å². The minimum Gasteiger partial charge on any atom is -0.389 e. The van der Waals surface area contributed by atoms with E-state index in [-0.39, 0.29) is 36.8 Å². The number of benzene rings is 1. The Hall–Kier alpha value is -3.81. The van der Waals surface area contributed by atoms with Crippen LogP contribution in [0.5, 0.6) is 0 Å². The number of hydrogen-bond donors (Lipinski definition) is 2. The van der Waals surface area contributed by atoms with Crippen LogP contribution in [0.25, 0.3) is 11.4 Å². The number of nitrogens with one attached hydrogen (secondary N) is 1. The Morgan fingerprint density at radius 1 is 1.29 bits per heavy atom. The Bertz CT molecular complexity index is 1220. The largest absolute Gasteiger partial charge is 0.435 e. The first kappa shape index (κ1) is 23.4. The zero-order valence-corrected chi connectivity index (χ0v) is 17.6. The SMILES string of the molecule is Cn1nc(C(F)(F)F)cc1C(=O)N[C@@H](CC(=O)N1CC(O)C1)c1nc(-c2cccc(F)c2)no1. The van der Waals surface area contributed by atoms with Crippen molar-refractivity contribution in [2.45, 2.75) is 24.7 Å². The number of aryl methyl sites for hydroxylation is 1. The zero-order valence-electron chi connectivity index (χ0n) is 17.6. The van der Waals surface area contributed by atoms with Gasteiger partial charge in [-0.3, -0.25) is 14.3 Å². The molecule has 0 radical (unpaired) electrons. The molecule has 3 aromatic rings. The molecular weight excluding hydrogens is 464 g/mol. The molecule has 14 heteroatoms. The average molecular weight is 482 g/mol. The van der Waals surface area contributed by atoms with Gasteiger partial charge >= 0.3 is 6.18 Å². The molecule has 0 unspecified atom stereocenters. The van der Waals surface area contributed by atoms with Gasteiger partial charge in [-0.05, 0) is 12.1 Å². The number of β-amino-alcohol motifs (C(OH)–C–C–N with tert-alkyl or cyclic N) is 1. The molecule has 180 valence electrons. The zero-order chi connectivity index (χ0) is 24.6. The Kier molecular flexibility index (Phi) is 6.08. The van der Waals surface area contributed by atoms with Gasteiger partial charge in [0.05, 0.1) is 12.5 Å². The molecule has 3 heterocycles. The highest BCUT2D eigenvalue weighted by Gasteiger charge is 2.37. The number of rotatable bonds is 6. The molecule has 2 aromatic heterocycles. The number of carbonyl (C=O) groups is 2. The lowest BCUT2D eigenvalue weighted by Gasteiger charge is -2.36. The molecule has 0 bridgehead atoms. The van der Waals surface area contributed by atoms with Crippen molar-refractivity contribution >= 4 is 11.8 Å². The average Bonchev–Trinajstić information content (AvgIpc) is 3.38. The van der Waals surface area contributed by atoms with Gasteiger partial charge < -0.3 is 19.8 Å². The van der Waals surface area contributed by atoms with E-state index in [9.17, 15) is 32.3 Å². The first-order valence-electron chi connectivity index (χ1n) is 9.98. The van der Waals surface area contributed by atoms with Gasteiger partial charge in [-0.2, -0.15) is 23.3 Å². The number of amides is 2. The number of aliphatic hydroxyl groups excluding tert-OH is 1. The minimum absolute atomic E-state index is 0.0135. The van der Waals surface area contributed by atoms with Crippen LogP contribution in [0.4, 0.5) is 17.6 Å². The van der Waals surface area contributed by atoms with Crippen molar-refractivity contribution in [3.05, 3.63) is 53.4 Å². The van der Waals surface area contributed by atoms with Crippen molar-refractivity contribution < 1.29 is 36.8 Å². The van der Waals surface area contributed by atoms with Crippen LogP contribution < -0.4 is 5.32 Å². The van der Waals surface area contributed by atoms with Crippen LogP contribution in [0.3, 0.4) is 0 Å². The normalized spacial score (nSPS) is 15.2. The third-order valence-corrected chi connectivity index (χ3v) is 5.12. The second kappa shape index (κ2) is 8.85. The molecule has 1 saturated heterocycles. The summed E-state index contributed by atoms with van der Waals surface area (Å²) >= 11 is 0. The topological polar surface area (TPSA) is 126 Å². The molecule has 1 aliphatic heterocycles. The van der Waals surface area contributed by atoms with E-state index in [1.54, 1.807) is 0 Å². The van der Waals surface area contributed by atoms with Crippen LogP contribution in [-0.4, -0.2) is 60.9 Å². The third kappa shape index (κ3) is 4.90. The van der Waals surface area contributed by atoms with Gasteiger partial charge in [0.25, 0.3) is 5.91 Å². The first-order chi connectivity index (χ1) is 16.0. The maximum absolute atomic E-state index is 13.5. The molecule has 2 amide bonds. The summed E-state index contributed by atoms with van der Waals surface area (Å²) in [5.74, 6) is -2.18. The van der Waals surface area contributed by atoms with Gasteiger partial charge in [0, 0.05) is 31.8 Å². The van der Waals surface area contributed by atoms with Crippen LogP contribution in [0.2, 0.25) is 0 Å². The lowest BCUT2D eigenvalue weighted by atomic mass is 10.1. The fourth-order valence-corrected chi connectivity index (χ4v) is 3.33. The molecule has 1 atom stereocenters. The van der Waals surface area contributed by atoms with E-state index in [1.807, 2.05) is 0 Å². The lowest BCUT2D eigenvalue weighted by molar-refractivity contribution is -0.142. The summed E-state index contributed by atoms with van der Waals surface area (Å²) in [6.07, 6.45) is -5.78. The molecule has 4 rings (SSSR count). The smallest absolute Gasteiger partial charge is 0.389 e. The molecule has 0 aliphatic carbocycles. The van der Waals surface area contributed by atoms with E-state index in [2.05, 4.69) is 20.6 Å². The molecule has 1 aromatic carbocycles. The number of aromatic nitrogens is 4. The Morgan fingerprint density at radius 3 is 2.65 bits per heavy atom. The lowest BCUT2D eigenvalue weighted by Crippen LogP contribution is -2.54. The van der Waals surface area contributed by atoms with Crippen LogP contribution >= 0.6 is 0 Å². The molecule has 34 heavy (non-hydrogen) atoms. The fourth-order valence-electron chi connectivity index (χ4n) is 3.33. The monoisotopic (exact) mass is 482 g/mol. The van der Waals surface area contributed by atoms with E-state index in [1.165, 1.54) is 30.1 Å². The molecule has 0 saturated carbocycles. The molecule has 0 spiro atoms. The van der Waals surface area contributed by atoms with E-state index >= 15 is 0 Å². The maximum atomic E-state index is 13.5. The third-order valence-electron chi connectivity index (χ3n) is 5.12. The summed E-state index contributed by atoms with van der Waals surface area (Å²) in [5, 5.41) is 18.9. The Labute approximate surface area is 189 Å². The number of carbonyl (C=O) groups excluding carboxylic acids is 2. The van der Waals surface area contributed by atoms with Crippen LogP contribution in [0.1, 0.15) is 34.5 Å². The van der Waals surface area contributed by atoms with Crippen molar-refractivity contribution in [3.8, 4) is 11.4 Å². The first-order valence-corrected chi connectivity index (χ1v) is 9.98. The van der Waals surface area contributed by atoms with Crippen LogP contribution in [0.15, 0.2) is 34.9 Å². The van der Waals surface area contributed by atoms with E-state index in [4.69, 9.17) is 4.52 Å². The van der Waals surface area contributed by atoms with Gasteiger partial charge in [0.15, 0.2) is 5.69 Å². The standard InChI is InChI=1S/C20H18F4N6O4/c1-29-14(7-15(27-29)20(22,23)24)18(33)25-13(6-16(32)30-8-12(31)9-30)19-26-17(28-34-19)10-3-2-4-11(21)5-10/h2-5,7,12-13,31H,6,8-9H2,1H3,(H,25,33)/t13-/m0/s1. The number of alkyl halides is 3. The molecule has 1 fully saturated rings. The van der Waals surface area contributed by atoms with Crippen molar-refractivity contribution in [2.75, 3.05) is 13.1 Å². The number of nitrogens with zero attached hydrogens (tertiary/aromatic N) is 5. The quantitative estimate of drug-likeness (QED) is 0.512. The molecule has 2 N–H and O–H groups in total. The number of aliphatic hydroxyl groups is 1. The predicted octanol–water partition coefficient (Wildman–Crippen LogP) is 1.69. The van der Waals surface area contributed by atoms with Gasteiger partial charge in [-0.1, -0.05) is 17.3 Å². The van der Waals surface area contributed by atoms with Crippen LogP contribution in [0, 0.1) is 5.82 Å². The maximum Gasteiger partial charge on any atom is 0.435 e. The number of likely N-dealkylation sites (tertiary alicyclic amines) is 1. The summed E-state index contributed by atoms with van der Waals surface area (Å²) < 4.78 is 58.4. The Balaban J connectivity index is 1.59. The summed E-state index contributed by atoms with van der Waals surface area (Å²) in [5.41, 5.74) is -1.39. The summed E-state index contributed by atoms with van der Waals surface area (Å²) in [7, 11) is 1.17. The van der Waals surface area contributed by atoms with Crippen molar-refractivity contribution in [3.63, 3.8) is 0 Å². The van der Waals surface area contributed by atoms with E-state index in [0.29, 0.717) is 6.07 Å². The van der Waals surface area contributed by atoms with Crippen molar-refractivity contribution in [1.29, 1.82) is 0 Å². The van der Waals surface area contributed by atoms with Gasteiger partial charge in [-0.15, -0.1) is 0 Å². The van der Waals surface area contributed by atoms with E-state index in [0.717, 1.165) is 10.7 Å². The molecular formula is C20H18F4N6O4. The summed E-state index contributed by atoms with van der Waals surface area (Å²) in [6.45, 7) is 0.211. The van der Waals surface area contributed by atoms with Crippen molar-refractivity contribution in [2.24, 2.45) is 7.05 Å². The number of hydrogen-bond acceptors (Lipinski definition) is 7. The predicted molar refractivity (Wildman–Crippen MR) is 105 cm³/mol. The fraction of sp³-hybridized carbons (Fsp3) is 0.350. The summed E-state index contributed by atoms with van der Waals surface area (Å²) in [4.78, 5) is 30.8. The Morgan fingerprint density at radius 2 is 2.03 bits per heavy atom. The second-order valence-electron chi connectivity index (χ2n) is 7.69. The van der Waals surface area contributed by atoms with Gasteiger partial charge in [-0.25, -0.2) is 4.39 Å². The second-order valence-corrected chi connectivity index (χ2v) is 7.69. The van der Waals surface area contributed by atoms with Crippen molar-refractivity contribution in [1.82, 2.24) is 30.1 Å². The number of halogens is 4.